The van der Waals surface area contributed by atoms with Crippen LogP contribution in [0.3, 0.4) is 0 Å². The fraction of sp³-hybridized carbons (Fsp3) is 0.516. The normalized spacial score (nSPS) is 27.3. The van der Waals surface area contributed by atoms with E-state index in [1.165, 1.54) is 51.2 Å². The van der Waals surface area contributed by atoms with Crippen LogP contribution in [0, 0.1) is 17.8 Å². The van der Waals surface area contributed by atoms with E-state index in [0.717, 1.165) is 46.1 Å². The minimum Gasteiger partial charge on any atom is -0.467 e. The lowest BCUT2D eigenvalue weighted by Gasteiger charge is -2.57. The standard InChI is InChI=1S/C31H36N2O5/c1-35-9-10-37-19-38-29-8-7-25(14-26(29)31-16-20-11-21(17-31)13-22(12-20)18-31)28-15-27(32-33-28)23-3-5-24(6-4-23)30(34)36-2/h3-8,14,20-22H,9-13,15-19H2,1-2H3. The van der Waals surface area contributed by atoms with Crippen molar-refractivity contribution in [2.75, 3.05) is 34.2 Å². The van der Waals surface area contributed by atoms with Crippen molar-refractivity contribution in [2.45, 2.75) is 50.4 Å². The van der Waals surface area contributed by atoms with Gasteiger partial charge in [-0.15, -0.1) is 0 Å². The second-order valence-electron chi connectivity index (χ2n) is 11.4. The molecule has 4 saturated carbocycles. The maximum atomic E-state index is 11.8. The summed E-state index contributed by atoms with van der Waals surface area (Å²) in [5.74, 6) is 3.10. The Morgan fingerprint density at radius 2 is 1.50 bits per heavy atom. The zero-order valence-electron chi connectivity index (χ0n) is 22.3. The molecule has 0 unspecified atom stereocenters. The molecule has 0 spiro atoms. The molecular formula is C31H36N2O5. The summed E-state index contributed by atoms with van der Waals surface area (Å²) >= 11 is 0. The molecule has 4 aliphatic carbocycles. The third-order valence-corrected chi connectivity index (χ3v) is 8.92. The Labute approximate surface area is 224 Å². The Balaban J connectivity index is 1.23. The van der Waals surface area contributed by atoms with E-state index in [1.54, 1.807) is 19.2 Å². The zero-order chi connectivity index (χ0) is 26.1. The Kier molecular flexibility index (Phi) is 7.06. The molecule has 7 nitrogen and oxygen atoms in total. The summed E-state index contributed by atoms with van der Waals surface area (Å²) in [5.41, 5.74) is 5.96. The van der Waals surface area contributed by atoms with E-state index >= 15 is 0 Å². The van der Waals surface area contributed by atoms with Gasteiger partial charge in [0, 0.05) is 19.1 Å². The van der Waals surface area contributed by atoms with Gasteiger partial charge in [-0.2, -0.15) is 10.2 Å². The molecular weight excluding hydrogens is 480 g/mol. The van der Waals surface area contributed by atoms with Crippen molar-refractivity contribution in [3.8, 4) is 5.75 Å². The third-order valence-electron chi connectivity index (χ3n) is 8.92. The lowest BCUT2D eigenvalue weighted by molar-refractivity contribution is -0.0189. The van der Waals surface area contributed by atoms with Crippen molar-refractivity contribution in [2.24, 2.45) is 28.0 Å². The first-order chi connectivity index (χ1) is 18.6. The molecule has 2 aromatic rings. The van der Waals surface area contributed by atoms with Gasteiger partial charge in [0.1, 0.15) is 5.75 Å². The monoisotopic (exact) mass is 516 g/mol. The minimum atomic E-state index is -0.342. The number of esters is 1. The lowest BCUT2D eigenvalue weighted by atomic mass is 9.48. The lowest BCUT2D eigenvalue weighted by Crippen LogP contribution is -2.48. The molecule has 7 heteroatoms. The highest BCUT2D eigenvalue weighted by Crippen LogP contribution is 2.62. The van der Waals surface area contributed by atoms with Gasteiger partial charge >= 0.3 is 5.97 Å². The van der Waals surface area contributed by atoms with Crippen LogP contribution in [0.15, 0.2) is 52.7 Å². The van der Waals surface area contributed by atoms with Crippen LogP contribution >= 0.6 is 0 Å². The molecule has 5 aliphatic rings. The quantitative estimate of drug-likeness (QED) is 0.235. The summed E-state index contributed by atoms with van der Waals surface area (Å²) in [6, 6.07) is 13.9. The Morgan fingerprint density at radius 1 is 0.868 bits per heavy atom. The summed E-state index contributed by atoms with van der Waals surface area (Å²) in [4.78, 5) is 11.8. The molecule has 0 atom stereocenters. The fourth-order valence-corrected chi connectivity index (χ4v) is 7.58. The van der Waals surface area contributed by atoms with Crippen LogP contribution in [-0.4, -0.2) is 51.6 Å². The molecule has 200 valence electrons. The number of hydrogen-bond donors (Lipinski definition) is 0. The summed E-state index contributed by atoms with van der Waals surface area (Å²) in [7, 11) is 3.06. The van der Waals surface area contributed by atoms with E-state index < -0.39 is 0 Å². The van der Waals surface area contributed by atoms with Crippen LogP contribution in [0.4, 0.5) is 0 Å². The number of benzene rings is 2. The molecule has 0 amide bonds. The minimum absolute atomic E-state index is 0.180. The van der Waals surface area contributed by atoms with Crippen LogP contribution in [0.2, 0.25) is 0 Å². The number of rotatable bonds is 10. The molecule has 2 aromatic carbocycles. The molecule has 0 aromatic heterocycles. The van der Waals surface area contributed by atoms with Gasteiger partial charge in [0.2, 0.25) is 0 Å². The maximum Gasteiger partial charge on any atom is 0.337 e. The van der Waals surface area contributed by atoms with Crippen LogP contribution in [0.1, 0.15) is 72.0 Å². The molecule has 0 saturated heterocycles. The van der Waals surface area contributed by atoms with Gasteiger partial charge in [0.05, 0.1) is 37.3 Å². The Bertz CT molecular complexity index is 1210. The number of nitrogens with zero attached hydrogens (tertiary/aromatic N) is 2. The second-order valence-corrected chi connectivity index (χ2v) is 11.4. The van der Waals surface area contributed by atoms with Gasteiger partial charge < -0.3 is 18.9 Å². The van der Waals surface area contributed by atoms with E-state index in [1.807, 2.05) is 12.1 Å². The molecule has 38 heavy (non-hydrogen) atoms. The van der Waals surface area contributed by atoms with Crippen LogP contribution in [-0.2, 0) is 19.6 Å². The van der Waals surface area contributed by atoms with Gasteiger partial charge in [0.25, 0.3) is 0 Å². The van der Waals surface area contributed by atoms with Crippen molar-refractivity contribution in [3.63, 3.8) is 0 Å². The smallest absolute Gasteiger partial charge is 0.337 e. The van der Waals surface area contributed by atoms with Crippen molar-refractivity contribution < 1.29 is 23.7 Å². The van der Waals surface area contributed by atoms with Gasteiger partial charge in [-0.25, -0.2) is 4.79 Å². The molecule has 4 bridgehead atoms. The molecule has 7 rings (SSSR count). The highest BCUT2D eigenvalue weighted by molar-refractivity contribution is 6.20. The largest absolute Gasteiger partial charge is 0.467 e. The average molecular weight is 517 g/mol. The SMILES string of the molecule is COCCOCOc1ccc(C2=NN=C(c3ccc(C(=O)OC)cc3)C2)cc1C12CC3CC(CC(C3)C1)C2. The van der Waals surface area contributed by atoms with Crippen molar-refractivity contribution in [1.29, 1.82) is 0 Å². The van der Waals surface area contributed by atoms with Gasteiger partial charge in [-0.3, -0.25) is 0 Å². The number of ether oxygens (including phenoxy) is 4. The van der Waals surface area contributed by atoms with E-state index in [9.17, 15) is 4.79 Å². The van der Waals surface area contributed by atoms with Crippen molar-refractivity contribution in [3.05, 3.63) is 64.7 Å². The Hall–Kier alpha value is -3.03. The number of methoxy groups -OCH3 is 2. The summed E-state index contributed by atoms with van der Waals surface area (Å²) < 4.78 is 21.8. The van der Waals surface area contributed by atoms with E-state index in [-0.39, 0.29) is 18.2 Å². The summed E-state index contributed by atoms with van der Waals surface area (Å²) in [6.07, 6.45) is 8.60. The maximum absolute atomic E-state index is 11.8. The average Bonchev–Trinajstić information content (AvgIpc) is 3.42. The van der Waals surface area contributed by atoms with Gasteiger partial charge in [-0.05, 0) is 103 Å². The Morgan fingerprint density at radius 3 is 2.13 bits per heavy atom. The molecule has 0 N–H and O–H groups in total. The first-order valence-electron chi connectivity index (χ1n) is 13.7. The first kappa shape index (κ1) is 25.3. The number of hydrogen-bond acceptors (Lipinski definition) is 7. The molecule has 1 aliphatic heterocycles. The summed E-state index contributed by atoms with van der Waals surface area (Å²) in [5, 5.41) is 9.09. The first-order valence-corrected chi connectivity index (χ1v) is 13.7. The second kappa shape index (κ2) is 10.6. The van der Waals surface area contributed by atoms with Crippen molar-refractivity contribution in [1.82, 2.24) is 0 Å². The van der Waals surface area contributed by atoms with Gasteiger partial charge in [0.15, 0.2) is 6.79 Å². The van der Waals surface area contributed by atoms with Crippen LogP contribution < -0.4 is 4.74 Å². The fourth-order valence-electron chi connectivity index (χ4n) is 7.58. The molecule has 1 heterocycles. The van der Waals surface area contributed by atoms with E-state index in [0.29, 0.717) is 25.2 Å². The molecule has 0 radical (unpaired) electrons. The topological polar surface area (TPSA) is 78.7 Å². The highest BCUT2D eigenvalue weighted by atomic mass is 16.7. The number of carbonyl (C=O) groups is 1. The zero-order valence-corrected chi connectivity index (χ0v) is 22.3. The predicted molar refractivity (Wildman–Crippen MR) is 145 cm³/mol. The predicted octanol–water partition coefficient (Wildman–Crippen LogP) is 5.54. The van der Waals surface area contributed by atoms with Crippen LogP contribution in [0.5, 0.6) is 5.75 Å². The van der Waals surface area contributed by atoms with Gasteiger partial charge in [-0.1, -0.05) is 12.1 Å². The summed E-state index contributed by atoms with van der Waals surface area (Å²) in [6.45, 7) is 1.29. The van der Waals surface area contributed by atoms with Crippen LogP contribution in [0.25, 0.3) is 0 Å². The highest BCUT2D eigenvalue weighted by Gasteiger charge is 2.52. The third kappa shape index (κ3) is 4.90. The van der Waals surface area contributed by atoms with E-state index in [4.69, 9.17) is 18.9 Å². The van der Waals surface area contributed by atoms with E-state index in [2.05, 4.69) is 28.4 Å². The molecule has 4 fully saturated rings. The number of carbonyl (C=O) groups excluding carboxylic acids is 1. The van der Waals surface area contributed by atoms with Crippen molar-refractivity contribution >= 4 is 17.4 Å².